The van der Waals surface area contributed by atoms with Crippen LogP contribution >= 0.6 is 24.0 Å². The Morgan fingerprint density at radius 3 is 2.50 bits per heavy atom. The Hall–Kier alpha value is -1.38. The highest BCUT2D eigenvalue weighted by Gasteiger charge is 2.53. The normalized spacial score (nSPS) is 17.8. The molecular formula is C19H32IN5O. The van der Waals surface area contributed by atoms with Crippen LogP contribution in [0.1, 0.15) is 46.6 Å². The number of aryl methyl sites for hydroxylation is 1. The molecule has 7 heteroatoms. The lowest BCUT2D eigenvalue weighted by atomic mass is 9.65. The molecule has 1 aromatic rings. The molecular weight excluding hydrogens is 441 g/mol. The number of guanidine groups is 1. The standard InChI is InChI=1S/C19H31N5O.HI/c1-7-20-17(24-13-18(3,4)19(24,5)6)21-11-10-16(25)23-15-9-8-14(2)12-22-15;/h8-9,12H,7,10-11,13H2,1-6H3,(H,20,21)(H,22,23,25);1H. The van der Waals surface area contributed by atoms with Crippen molar-refractivity contribution in [2.75, 3.05) is 25.0 Å². The van der Waals surface area contributed by atoms with Gasteiger partial charge < -0.3 is 15.5 Å². The van der Waals surface area contributed by atoms with Gasteiger partial charge in [0.15, 0.2) is 5.96 Å². The van der Waals surface area contributed by atoms with Crippen LogP contribution in [-0.4, -0.2) is 46.9 Å². The van der Waals surface area contributed by atoms with Crippen molar-refractivity contribution in [2.24, 2.45) is 10.4 Å². The number of aromatic nitrogens is 1. The predicted molar refractivity (Wildman–Crippen MR) is 118 cm³/mol. The van der Waals surface area contributed by atoms with Gasteiger partial charge in [-0.3, -0.25) is 9.79 Å². The number of aliphatic imine (C=N–C) groups is 1. The van der Waals surface area contributed by atoms with E-state index in [2.05, 4.69) is 60.1 Å². The van der Waals surface area contributed by atoms with Crippen molar-refractivity contribution in [1.82, 2.24) is 15.2 Å². The van der Waals surface area contributed by atoms with Gasteiger partial charge in [-0.25, -0.2) is 4.98 Å². The lowest BCUT2D eigenvalue weighted by Gasteiger charge is -2.62. The first-order chi connectivity index (χ1) is 11.7. The third kappa shape index (κ3) is 5.08. The number of anilines is 1. The Morgan fingerprint density at radius 2 is 2.00 bits per heavy atom. The second-order valence-electron chi connectivity index (χ2n) is 7.78. The molecule has 26 heavy (non-hydrogen) atoms. The average molecular weight is 473 g/mol. The van der Waals surface area contributed by atoms with Crippen molar-refractivity contribution >= 4 is 41.7 Å². The topological polar surface area (TPSA) is 69.6 Å². The molecule has 2 N–H and O–H groups in total. The Kier molecular flexibility index (Phi) is 7.85. The first-order valence-electron chi connectivity index (χ1n) is 8.96. The number of carbonyl (C=O) groups excluding carboxylic acids is 1. The van der Waals surface area contributed by atoms with Gasteiger partial charge in [-0.15, -0.1) is 24.0 Å². The summed E-state index contributed by atoms with van der Waals surface area (Å²) < 4.78 is 0. The minimum Gasteiger partial charge on any atom is -0.356 e. The third-order valence-corrected chi connectivity index (χ3v) is 5.25. The zero-order chi connectivity index (χ0) is 18.7. The number of hydrogen-bond donors (Lipinski definition) is 2. The minimum absolute atomic E-state index is 0. The maximum atomic E-state index is 12.1. The molecule has 0 aliphatic carbocycles. The molecule has 0 radical (unpaired) electrons. The van der Waals surface area contributed by atoms with Crippen LogP contribution in [0.15, 0.2) is 23.3 Å². The van der Waals surface area contributed by atoms with E-state index in [0.717, 1.165) is 24.6 Å². The van der Waals surface area contributed by atoms with Crippen LogP contribution < -0.4 is 10.6 Å². The molecule has 2 heterocycles. The highest BCUT2D eigenvalue weighted by atomic mass is 127. The number of nitrogens with one attached hydrogen (secondary N) is 2. The molecule has 1 fully saturated rings. The first kappa shape index (κ1) is 22.7. The van der Waals surface area contributed by atoms with Crippen LogP contribution in [0.3, 0.4) is 0 Å². The summed E-state index contributed by atoms with van der Waals surface area (Å²) >= 11 is 0. The molecule has 1 aliphatic heterocycles. The summed E-state index contributed by atoms with van der Waals surface area (Å²) in [7, 11) is 0. The second kappa shape index (κ2) is 9.01. The van der Waals surface area contributed by atoms with E-state index in [1.807, 2.05) is 19.1 Å². The van der Waals surface area contributed by atoms with Gasteiger partial charge in [0, 0.05) is 36.7 Å². The van der Waals surface area contributed by atoms with E-state index in [4.69, 9.17) is 0 Å². The largest absolute Gasteiger partial charge is 0.356 e. The molecule has 1 amide bonds. The van der Waals surface area contributed by atoms with Crippen LogP contribution in [0.2, 0.25) is 0 Å². The maximum absolute atomic E-state index is 12.1. The fourth-order valence-corrected chi connectivity index (χ4v) is 2.81. The zero-order valence-electron chi connectivity index (χ0n) is 16.7. The lowest BCUT2D eigenvalue weighted by molar-refractivity contribution is -0.116. The summed E-state index contributed by atoms with van der Waals surface area (Å²) in [4.78, 5) is 23.2. The number of rotatable bonds is 5. The Bertz CT molecular complexity index is 640. The van der Waals surface area contributed by atoms with Crippen LogP contribution in [-0.2, 0) is 4.79 Å². The zero-order valence-corrected chi connectivity index (χ0v) is 19.0. The van der Waals surface area contributed by atoms with Gasteiger partial charge in [0.2, 0.25) is 5.91 Å². The molecule has 2 rings (SSSR count). The number of amides is 1. The van der Waals surface area contributed by atoms with E-state index in [9.17, 15) is 4.79 Å². The quantitative estimate of drug-likeness (QED) is 0.391. The summed E-state index contributed by atoms with van der Waals surface area (Å²) in [6.07, 6.45) is 2.08. The van der Waals surface area contributed by atoms with Crippen molar-refractivity contribution in [2.45, 2.75) is 53.5 Å². The monoisotopic (exact) mass is 473 g/mol. The van der Waals surface area contributed by atoms with Crippen molar-refractivity contribution in [1.29, 1.82) is 0 Å². The van der Waals surface area contributed by atoms with Crippen LogP contribution in [0.25, 0.3) is 0 Å². The van der Waals surface area contributed by atoms with Gasteiger partial charge in [0.05, 0.1) is 6.54 Å². The smallest absolute Gasteiger partial charge is 0.227 e. The fourth-order valence-electron chi connectivity index (χ4n) is 2.81. The summed E-state index contributed by atoms with van der Waals surface area (Å²) in [6, 6.07) is 3.74. The molecule has 1 aromatic heterocycles. The van der Waals surface area contributed by atoms with Crippen molar-refractivity contribution < 1.29 is 4.79 Å². The van der Waals surface area contributed by atoms with Crippen LogP contribution in [0, 0.1) is 12.3 Å². The molecule has 0 saturated carbocycles. The van der Waals surface area contributed by atoms with E-state index in [1.165, 1.54) is 0 Å². The molecule has 0 aromatic carbocycles. The number of likely N-dealkylation sites (tertiary alicyclic amines) is 1. The van der Waals surface area contributed by atoms with E-state index in [0.29, 0.717) is 18.8 Å². The highest BCUT2D eigenvalue weighted by molar-refractivity contribution is 14.0. The number of pyridine rings is 1. The third-order valence-electron chi connectivity index (χ3n) is 5.25. The van der Waals surface area contributed by atoms with Gasteiger partial charge in [0.1, 0.15) is 5.82 Å². The highest BCUT2D eigenvalue weighted by Crippen LogP contribution is 2.46. The van der Waals surface area contributed by atoms with Crippen molar-refractivity contribution in [3.05, 3.63) is 23.9 Å². The number of hydrogen-bond acceptors (Lipinski definition) is 3. The Morgan fingerprint density at radius 1 is 1.31 bits per heavy atom. The maximum Gasteiger partial charge on any atom is 0.227 e. The molecule has 0 unspecified atom stereocenters. The minimum atomic E-state index is -0.0702. The van der Waals surface area contributed by atoms with Crippen LogP contribution in [0.4, 0.5) is 5.82 Å². The first-order valence-corrected chi connectivity index (χ1v) is 8.96. The number of halogens is 1. The van der Waals surface area contributed by atoms with Gasteiger partial charge in [0.25, 0.3) is 0 Å². The fraction of sp³-hybridized carbons (Fsp3) is 0.632. The predicted octanol–water partition coefficient (Wildman–Crippen LogP) is 3.42. The Balaban J connectivity index is 0.00000338. The van der Waals surface area contributed by atoms with E-state index >= 15 is 0 Å². The summed E-state index contributed by atoms with van der Waals surface area (Å²) in [6.45, 7) is 15.3. The number of nitrogens with zero attached hydrogens (tertiary/aromatic N) is 3. The molecule has 146 valence electrons. The average Bonchev–Trinajstić information content (AvgIpc) is 2.54. The van der Waals surface area contributed by atoms with Gasteiger partial charge in [-0.1, -0.05) is 19.9 Å². The van der Waals surface area contributed by atoms with E-state index in [1.54, 1.807) is 6.20 Å². The molecule has 0 spiro atoms. The summed E-state index contributed by atoms with van der Waals surface area (Å²) in [5.74, 6) is 1.39. The molecule has 0 bridgehead atoms. The van der Waals surface area contributed by atoms with Crippen LogP contribution in [0.5, 0.6) is 0 Å². The number of carbonyl (C=O) groups is 1. The summed E-state index contributed by atoms with van der Waals surface area (Å²) in [5.41, 5.74) is 1.36. The van der Waals surface area contributed by atoms with Gasteiger partial charge in [-0.05, 0) is 39.3 Å². The van der Waals surface area contributed by atoms with Crippen molar-refractivity contribution in [3.63, 3.8) is 0 Å². The van der Waals surface area contributed by atoms with E-state index < -0.39 is 0 Å². The molecule has 0 atom stereocenters. The van der Waals surface area contributed by atoms with E-state index in [-0.39, 0.29) is 40.8 Å². The second-order valence-corrected chi connectivity index (χ2v) is 7.78. The van der Waals surface area contributed by atoms with Gasteiger partial charge in [-0.2, -0.15) is 0 Å². The summed E-state index contributed by atoms with van der Waals surface area (Å²) in [5, 5.41) is 6.15. The molecule has 1 aliphatic rings. The SMILES string of the molecule is CCNC(=NCCC(=O)Nc1ccc(C)cn1)N1CC(C)(C)C1(C)C.I. The lowest BCUT2D eigenvalue weighted by Crippen LogP contribution is -2.72. The molecule has 6 nitrogen and oxygen atoms in total. The Labute approximate surface area is 174 Å². The van der Waals surface area contributed by atoms with Crippen molar-refractivity contribution in [3.8, 4) is 0 Å². The molecule has 1 saturated heterocycles. The van der Waals surface area contributed by atoms with Gasteiger partial charge >= 0.3 is 0 Å².